The van der Waals surface area contributed by atoms with E-state index in [4.69, 9.17) is 5.73 Å². The van der Waals surface area contributed by atoms with Gasteiger partial charge in [0.05, 0.1) is 6.10 Å². The predicted molar refractivity (Wildman–Crippen MR) is 74.5 cm³/mol. The number of rotatable bonds is 4. The van der Waals surface area contributed by atoms with Crippen LogP contribution in [0.3, 0.4) is 0 Å². The molecule has 18 heavy (non-hydrogen) atoms. The van der Waals surface area contributed by atoms with Gasteiger partial charge >= 0.3 is 0 Å². The Hall–Kier alpha value is -0.900. The van der Waals surface area contributed by atoms with Gasteiger partial charge < -0.3 is 15.7 Å². The summed E-state index contributed by atoms with van der Waals surface area (Å²) in [4.78, 5) is 2.43. The van der Waals surface area contributed by atoms with Crippen LogP contribution in [-0.4, -0.2) is 42.3 Å². The van der Waals surface area contributed by atoms with Crippen molar-refractivity contribution in [2.75, 3.05) is 26.2 Å². The van der Waals surface area contributed by atoms with Crippen molar-refractivity contribution in [3.63, 3.8) is 0 Å². The number of likely N-dealkylation sites (tertiary alicyclic amines) is 1. The molecule has 1 saturated heterocycles. The molecule has 1 fully saturated rings. The number of aliphatic hydroxyl groups excluding tert-OH is 1. The molecule has 100 valence electrons. The molecule has 0 spiro atoms. The zero-order chi connectivity index (χ0) is 13.0. The fourth-order valence-corrected chi connectivity index (χ4v) is 2.74. The Morgan fingerprint density at radius 1 is 1.39 bits per heavy atom. The van der Waals surface area contributed by atoms with E-state index < -0.39 is 0 Å². The molecule has 0 radical (unpaired) electrons. The minimum absolute atomic E-state index is 0.130. The summed E-state index contributed by atoms with van der Waals surface area (Å²) in [5.74, 6) is 0.765. The van der Waals surface area contributed by atoms with Crippen LogP contribution >= 0.6 is 0 Å². The molecular formula is C15H24N2O. The molecule has 3 atom stereocenters. The van der Waals surface area contributed by atoms with Crippen molar-refractivity contribution in [2.45, 2.75) is 25.4 Å². The van der Waals surface area contributed by atoms with Crippen molar-refractivity contribution in [2.24, 2.45) is 11.7 Å². The minimum Gasteiger partial charge on any atom is -0.393 e. The molecular weight excluding hydrogens is 224 g/mol. The van der Waals surface area contributed by atoms with Gasteiger partial charge in [0.15, 0.2) is 0 Å². The number of piperidine rings is 1. The van der Waals surface area contributed by atoms with Gasteiger partial charge in [0.25, 0.3) is 0 Å². The van der Waals surface area contributed by atoms with Crippen molar-refractivity contribution < 1.29 is 5.11 Å². The molecule has 2 rings (SSSR count). The van der Waals surface area contributed by atoms with Crippen LogP contribution < -0.4 is 5.73 Å². The van der Waals surface area contributed by atoms with Gasteiger partial charge in [-0.05, 0) is 17.9 Å². The second-order valence-corrected chi connectivity index (χ2v) is 5.44. The van der Waals surface area contributed by atoms with E-state index in [1.54, 1.807) is 0 Å². The highest BCUT2D eigenvalue weighted by Crippen LogP contribution is 2.21. The number of hydrogen-bond acceptors (Lipinski definition) is 3. The van der Waals surface area contributed by atoms with Gasteiger partial charge in [-0.1, -0.05) is 37.3 Å². The quantitative estimate of drug-likeness (QED) is 0.847. The normalized spacial score (nSPS) is 27.1. The highest BCUT2D eigenvalue weighted by atomic mass is 16.3. The number of aliphatic hydroxyl groups is 1. The van der Waals surface area contributed by atoms with Crippen molar-refractivity contribution in [3.8, 4) is 0 Å². The first-order valence-corrected chi connectivity index (χ1v) is 6.86. The Morgan fingerprint density at radius 2 is 2.11 bits per heavy atom. The predicted octanol–water partition coefficient (Wildman–Crippen LogP) is 1.43. The van der Waals surface area contributed by atoms with E-state index in [0.29, 0.717) is 18.4 Å². The van der Waals surface area contributed by atoms with E-state index in [-0.39, 0.29) is 6.10 Å². The molecule has 1 heterocycles. The molecule has 1 aliphatic rings. The first kappa shape index (κ1) is 13.5. The fourth-order valence-electron chi connectivity index (χ4n) is 2.74. The van der Waals surface area contributed by atoms with Gasteiger partial charge in [-0.3, -0.25) is 0 Å². The smallest absolute Gasteiger partial charge is 0.0590 e. The molecule has 1 aromatic rings. The SMILES string of the molecule is CC1CN(CC(CN)c2ccccc2)CCC1O. The zero-order valence-electron chi connectivity index (χ0n) is 11.1. The van der Waals surface area contributed by atoms with Gasteiger partial charge in [-0.25, -0.2) is 0 Å². The summed E-state index contributed by atoms with van der Waals surface area (Å²) in [6.07, 6.45) is 0.752. The highest BCUT2D eigenvalue weighted by molar-refractivity contribution is 5.20. The van der Waals surface area contributed by atoms with E-state index >= 15 is 0 Å². The van der Waals surface area contributed by atoms with Crippen LogP contribution in [0.1, 0.15) is 24.8 Å². The second kappa shape index (κ2) is 6.32. The molecule has 1 aromatic carbocycles. The number of hydrogen-bond donors (Lipinski definition) is 2. The molecule has 0 aliphatic carbocycles. The van der Waals surface area contributed by atoms with Crippen LogP contribution in [0.5, 0.6) is 0 Å². The van der Waals surface area contributed by atoms with Crippen LogP contribution in [0.25, 0.3) is 0 Å². The minimum atomic E-state index is -0.130. The Balaban J connectivity index is 1.95. The average molecular weight is 248 g/mol. The Morgan fingerprint density at radius 3 is 2.72 bits per heavy atom. The second-order valence-electron chi connectivity index (χ2n) is 5.44. The lowest BCUT2D eigenvalue weighted by Gasteiger charge is -2.36. The molecule has 0 aromatic heterocycles. The van der Waals surface area contributed by atoms with Crippen molar-refractivity contribution in [3.05, 3.63) is 35.9 Å². The maximum absolute atomic E-state index is 9.75. The van der Waals surface area contributed by atoms with Gasteiger partial charge in [-0.2, -0.15) is 0 Å². The van der Waals surface area contributed by atoms with Crippen LogP contribution in [0.15, 0.2) is 30.3 Å². The summed E-state index contributed by atoms with van der Waals surface area (Å²) >= 11 is 0. The standard InChI is InChI=1S/C15H24N2O/c1-12-10-17(8-7-15(12)18)11-14(9-16)13-5-3-2-4-6-13/h2-6,12,14-15,18H,7-11,16H2,1H3. The molecule has 3 N–H and O–H groups in total. The van der Waals surface area contributed by atoms with Crippen molar-refractivity contribution in [1.82, 2.24) is 4.90 Å². The van der Waals surface area contributed by atoms with E-state index in [1.807, 2.05) is 6.07 Å². The van der Waals surface area contributed by atoms with E-state index in [0.717, 1.165) is 26.1 Å². The maximum Gasteiger partial charge on any atom is 0.0590 e. The zero-order valence-corrected chi connectivity index (χ0v) is 11.1. The molecule has 1 aliphatic heterocycles. The van der Waals surface area contributed by atoms with Crippen LogP contribution in [-0.2, 0) is 0 Å². The third-order valence-corrected chi connectivity index (χ3v) is 3.98. The third-order valence-electron chi connectivity index (χ3n) is 3.98. The van der Waals surface area contributed by atoms with Gasteiger partial charge in [0, 0.05) is 32.1 Å². The molecule has 0 saturated carbocycles. The summed E-state index contributed by atoms with van der Waals surface area (Å²) in [6, 6.07) is 10.5. The Bertz CT molecular complexity index is 355. The topological polar surface area (TPSA) is 49.5 Å². The fraction of sp³-hybridized carbons (Fsp3) is 0.600. The number of nitrogens with two attached hydrogens (primary N) is 1. The summed E-state index contributed by atoms with van der Waals surface area (Å²) < 4.78 is 0. The average Bonchev–Trinajstić information content (AvgIpc) is 2.41. The summed E-state index contributed by atoms with van der Waals surface area (Å²) in [5, 5.41) is 9.75. The molecule has 3 nitrogen and oxygen atoms in total. The van der Waals surface area contributed by atoms with Gasteiger partial charge in [0.1, 0.15) is 0 Å². The molecule has 0 bridgehead atoms. The molecule has 3 heteroatoms. The lowest BCUT2D eigenvalue weighted by molar-refractivity contribution is 0.0330. The van der Waals surface area contributed by atoms with E-state index in [9.17, 15) is 5.11 Å². The first-order valence-electron chi connectivity index (χ1n) is 6.86. The van der Waals surface area contributed by atoms with E-state index in [1.165, 1.54) is 5.56 Å². The largest absolute Gasteiger partial charge is 0.393 e. The lowest BCUT2D eigenvalue weighted by atomic mass is 9.93. The van der Waals surface area contributed by atoms with E-state index in [2.05, 4.69) is 36.1 Å². The van der Waals surface area contributed by atoms with Crippen LogP contribution in [0, 0.1) is 5.92 Å². The van der Waals surface area contributed by atoms with Gasteiger partial charge in [-0.15, -0.1) is 0 Å². The highest BCUT2D eigenvalue weighted by Gasteiger charge is 2.25. The third kappa shape index (κ3) is 3.31. The van der Waals surface area contributed by atoms with Crippen molar-refractivity contribution >= 4 is 0 Å². The summed E-state index contributed by atoms with van der Waals surface area (Å²) in [7, 11) is 0. The van der Waals surface area contributed by atoms with Crippen LogP contribution in [0.4, 0.5) is 0 Å². The first-order chi connectivity index (χ1) is 8.70. The lowest BCUT2D eigenvalue weighted by Crippen LogP contribution is -2.44. The monoisotopic (exact) mass is 248 g/mol. The van der Waals surface area contributed by atoms with Gasteiger partial charge in [0.2, 0.25) is 0 Å². The number of benzene rings is 1. The molecule has 3 unspecified atom stereocenters. The molecule has 0 amide bonds. The Kier molecular flexibility index (Phi) is 4.75. The Labute approximate surface area is 110 Å². The van der Waals surface area contributed by atoms with Crippen molar-refractivity contribution in [1.29, 1.82) is 0 Å². The summed E-state index contributed by atoms with van der Waals surface area (Å²) in [5.41, 5.74) is 7.23. The maximum atomic E-state index is 9.75. The summed E-state index contributed by atoms with van der Waals surface area (Å²) in [6.45, 7) is 5.76. The van der Waals surface area contributed by atoms with Crippen LogP contribution in [0.2, 0.25) is 0 Å². The number of nitrogens with zero attached hydrogens (tertiary/aromatic N) is 1.